The van der Waals surface area contributed by atoms with Crippen molar-refractivity contribution in [3.63, 3.8) is 0 Å². The van der Waals surface area contributed by atoms with Gasteiger partial charge in [-0.1, -0.05) is 39.8 Å². The van der Waals surface area contributed by atoms with Crippen LogP contribution in [0.5, 0.6) is 0 Å². The van der Waals surface area contributed by atoms with Crippen molar-refractivity contribution in [2.45, 2.75) is 36.6 Å². The Hall–Kier alpha value is -0.770. The molecule has 2 aromatic carbocycles. The first-order valence-corrected chi connectivity index (χ1v) is 8.34. The third-order valence-corrected chi connectivity index (χ3v) is 5.25. The predicted molar refractivity (Wildman–Crippen MR) is 91.7 cm³/mol. The maximum Gasteiger partial charge on any atom is 0.0300 e. The van der Waals surface area contributed by atoms with Gasteiger partial charge in [-0.2, -0.15) is 0 Å². The van der Waals surface area contributed by atoms with Crippen LogP contribution in [0.15, 0.2) is 50.7 Å². The van der Waals surface area contributed by atoms with E-state index in [-0.39, 0.29) is 0 Å². The zero-order chi connectivity index (χ0) is 14.7. The lowest BCUT2D eigenvalue weighted by atomic mass is 10.1. The van der Waals surface area contributed by atoms with E-state index in [9.17, 15) is 0 Å². The quantitative estimate of drug-likeness (QED) is 0.782. The highest BCUT2D eigenvalue weighted by Gasteiger charge is 2.08. The summed E-state index contributed by atoms with van der Waals surface area (Å²) in [5.41, 5.74) is 3.97. The number of nitrogens with one attached hydrogen (secondary N) is 1. The molecule has 0 fully saturated rings. The normalized spacial score (nSPS) is 12.4. The Morgan fingerprint density at radius 2 is 1.65 bits per heavy atom. The van der Waals surface area contributed by atoms with Crippen LogP contribution in [0.1, 0.15) is 29.7 Å². The van der Waals surface area contributed by atoms with Crippen molar-refractivity contribution in [2.24, 2.45) is 0 Å². The van der Waals surface area contributed by atoms with Gasteiger partial charge in [0.2, 0.25) is 0 Å². The molecule has 0 amide bonds. The fraction of sp³-hybridized carbons (Fsp3) is 0.294. The molecule has 1 N–H and O–H groups in total. The van der Waals surface area contributed by atoms with Gasteiger partial charge in [0.05, 0.1) is 0 Å². The summed E-state index contributed by atoms with van der Waals surface area (Å²) in [5.74, 6) is 0. The largest absolute Gasteiger partial charge is 0.313 e. The van der Waals surface area contributed by atoms with E-state index in [1.54, 1.807) is 11.8 Å². The lowest BCUT2D eigenvalue weighted by molar-refractivity contribution is 0.649. The first kappa shape index (κ1) is 15.6. The molecule has 0 aromatic heterocycles. The Bertz CT molecular complexity index is 610. The lowest BCUT2D eigenvalue weighted by Crippen LogP contribution is -2.12. The summed E-state index contributed by atoms with van der Waals surface area (Å²) in [7, 11) is 1.98. The van der Waals surface area contributed by atoms with Gasteiger partial charge in [-0.05, 0) is 68.8 Å². The van der Waals surface area contributed by atoms with E-state index in [1.807, 2.05) is 7.05 Å². The van der Waals surface area contributed by atoms with Gasteiger partial charge in [0, 0.05) is 20.3 Å². The summed E-state index contributed by atoms with van der Waals surface area (Å²) in [6.45, 7) is 6.47. The van der Waals surface area contributed by atoms with Gasteiger partial charge in [0.1, 0.15) is 0 Å². The molecule has 0 heterocycles. The van der Waals surface area contributed by atoms with Crippen LogP contribution in [-0.2, 0) is 0 Å². The third kappa shape index (κ3) is 3.66. The van der Waals surface area contributed by atoms with E-state index in [2.05, 4.69) is 78.4 Å². The number of benzene rings is 2. The second kappa shape index (κ2) is 6.79. The van der Waals surface area contributed by atoms with Crippen molar-refractivity contribution in [1.29, 1.82) is 0 Å². The van der Waals surface area contributed by atoms with E-state index in [0.717, 1.165) is 4.47 Å². The van der Waals surface area contributed by atoms with Gasteiger partial charge in [-0.3, -0.25) is 0 Å². The van der Waals surface area contributed by atoms with Crippen molar-refractivity contribution in [2.75, 3.05) is 7.05 Å². The number of aryl methyl sites for hydroxylation is 2. The van der Waals surface area contributed by atoms with Crippen LogP contribution in [-0.4, -0.2) is 7.05 Å². The van der Waals surface area contributed by atoms with Gasteiger partial charge < -0.3 is 5.32 Å². The minimum Gasteiger partial charge on any atom is -0.313 e. The Morgan fingerprint density at radius 3 is 2.25 bits per heavy atom. The van der Waals surface area contributed by atoms with Crippen molar-refractivity contribution >= 4 is 27.7 Å². The highest BCUT2D eigenvalue weighted by molar-refractivity contribution is 9.10. The molecule has 0 spiro atoms. The summed E-state index contributed by atoms with van der Waals surface area (Å²) in [6.07, 6.45) is 0. The van der Waals surface area contributed by atoms with E-state index in [0.29, 0.717) is 6.04 Å². The summed E-state index contributed by atoms with van der Waals surface area (Å²) < 4.78 is 1.16. The van der Waals surface area contributed by atoms with Crippen LogP contribution in [0, 0.1) is 13.8 Å². The Balaban J connectivity index is 2.22. The SMILES string of the molecule is CNC(C)c1ccc(Sc2ccc(C)c(C)c2)cc1Br. The number of hydrogen-bond acceptors (Lipinski definition) is 2. The minimum absolute atomic E-state index is 0.352. The maximum atomic E-state index is 3.67. The van der Waals surface area contributed by atoms with E-state index in [4.69, 9.17) is 0 Å². The molecule has 0 saturated carbocycles. The predicted octanol–water partition coefficient (Wildman–Crippen LogP) is 5.50. The molecule has 0 radical (unpaired) electrons. The van der Waals surface area contributed by atoms with Crippen LogP contribution in [0.4, 0.5) is 0 Å². The number of rotatable bonds is 4. The van der Waals surface area contributed by atoms with E-state index >= 15 is 0 Å². The smallest absolute Gasteiger partial charge is 0.0300 e. The molecule has 1 atom stereocenters. The maximum absolute atomic E-state index is 3.67. The van der Waals surface area contributed by atoms with Crippen LogP contribution in [0.2, 0.25) is 0 Å². The fourth-order valence-electron chi connectivity index (χ4n) is 1.99. The summed E-state index contributed by atoms with van der Waals surface area (Å²) in [5, 5.41) is 3.27. The van der Waals surface area contributed by atoms with Gasteiger partial charge in [-0.15, -0.1) is 0 Å². The second-order valence-corrected chi connectivity index (χ2v) is 7.04. The molecule has 2 rings (SSSR count). The molecule has 0 bridgehead atoms. The van der Waals surface area contributed by atoms with Crippen molar-refractivity contribution in [3.8, 4) is 0 Å². The molecule has 3 heteroatoms. The Labute approximate surface area is 134 Å². The minimum atomic E-state index is 0.352. The monoisotopic (exact) mass is 349 g/mol. The zero-order valence-corrected chi connectivity index (χ0v) is 14.7. The molecular formula is C17H20BrNS. The highest BCUT2D eigenvalue weighted by Crippen LogP contribution is 2.33. The van der Waals surface area contributed by atoms with Crippen LogP contribution < -0.4 is 5.32 Å². The molecule has 20 heavy (non-hydrogen) atoms. The molecular weight excluding hydrogens is 330 g/mol. The number of halogens is 1. The highest BCUT2D eigenvalue weighted by atomic mass is 79.9. The van der Waals surface area contributed by atoms with Crippen LogP contribution >= 0.6 is 27.7 Å². The third-order valence-electron chi connectivity index (χ3n) is 3.59. The molecule has 0 aliphatic heterocycles. The molecule has 106 valence electrons. The number of hydrogen-bond donors (Lipinski definition) is 1. The lowest BCUT2D eigenvalue weighted by Gasteiger charge is -2.14. The van der Waals surface area contributed by atoms with Crippen molar-refractivity contribution in [3.05, 3.63) is 57.6 Å². The van der Waals surface area contributed by atoms with E-state index < -0.39 is 0 Å². The van der Waals surface area contributed by atoms with E-state index in [1.165, 1.54) is 26.5 Å². The van der Waals surface area contributed by atoms with Gasteiger partial charge in [-0.25, -0.2) is 0 Å². The first-order valence-electron chi connectivity index (χ1n) is 6.73. The van der Waals surface area contributed by atoms with Crippen molar-refractivity contribution in [1.82, 2.24) is 5.32 Å². The molecule has 2 aromatic rings. The second-order valence-electron chi connectivity index (χ2n) is 5.04. The fourth-order valence-corrected chi connectivity index (χ4v) is 3.82. The first-order chi connectivity index (χ1) is 9.51. The molecule has 1 unspecified atom stereocenters. The molecule has 0 aliphatic rings. The zero-order valence-electron chi connectivity index (χ0n) is 12.3. The summed E-state index contributed by atoms with van der Waals surface area (Å²) >= 11 is 5.48. The molecule has 0 saturated heterocycles. The van der Waals surface area contributed by atoms with Gasteiger partial charge >= 0.3 is 0 Å². The Morgan fingerprint density at radius 1 is 1.00 bits per heavy atom. The summed E-state index contributed by atoms with van der Waals surface area (Å²) in [6, 6.07) is 13.5. The van der Waals surface area contributed by atoms with Crippen molar-refractivity contribution < 1.29 is 0 Å². The topological polar surface area (TPSA) is 12.0 Å². The Kier molecular flexibility index (Phi) is 5.30. The van der Waals surface area contributed by atoms with Gasteiger partial charge in [0.15, 0.2) is 0 Å². The average molecular weight is 350 g/mol. The van der Waals surface area contributed by atoms with Gasteiger partial charge in [0.25, 0.3) is 0 Å². The molecule has 0 aliphatic carbocycles. The molecule has 1 nitrogen and oxygen atoms in total. The summed E-state index contributed by atoms with van der Waals surface area (Å²) in [4.78, 5) is 2.54. The average Bonchev–Trinajstić information content (AvgIpc) is 2.42. The standard InChI is InChI=1S/C17H20BrNS/c1-11-5-6-14(9-12(11)2)20-15-7-8-16(13(3)19-4)17(18)10-15/h5-10,13,19H,1-4H3. The van der Waals surface area contributed by atoms with Crippen LogP contribution in [0.25, 0.3) is 0 Å². The van der Waals surface area contributed by atoms with Crippen LogP contribution in [0.3, 0.4) is 0 Å².